The number of aliphatic hydroxyl groups excluding tert-OH is 1. The average Bonchev–Trinajstić information content (AvgIpc) is 2.85. The lowest BCUT2D eigenvalue weighted by atomic mass is 9.99. The maximum atomic E-state index is 10.0. The van der Waals surface area contributed by atoms with E-state index in [-0.39, 0.29) is 0 Å². The van der Waals surface area contributed by atoms with Crippen LogP contribution in [0.25, 0.3) is 0 Å². The highest BCUT2D eigenvalue weighted by Gasteiger charge is 2.10. The normalized spacial score (nSPS) is 16.3. The lowest BCUT2D eigenvalue weighted by molar-refractivity contribution is 0.0689. The molecule has 0 heterocycles. The molecule has 1 atom stereocenters. The predicted molar refractivity (Wildman–Crippen MR) is 188 cm³/mol. The maximum absolute atomic E-state index is 10.0. The fourth-order valence-electron chi connectivity index (χ4n) is 3.79. The quantitative estimate of drug-likeness (QED) is 0.135. The zero-order valence-corrected chi connectivity index (χ0v) is 28.1. The first kappa shape index (κ1) is 38.8. The fourth-order valence-corrected chi connectivity index (χ4v) is 3.79. The zero-order valence-electron chi connectivity index (χ0n) is 28.1. The summed E-state index contributed by atoms with van der Waals surface area (Å²) >= 11 is 0. The highest BCUT2D eigenvalue weighted by atomic mass is 16.3. The average molecular weight is 571 g/mol. The van der Waals surface area contributed by atoms with Crippen LogP contribution in [0.5, 0.6) is 0 Å². The van der Waals surface area contributed by atoms with Gasteiger partial charge in [0, 0.05) is 0 Å². The Kier molecular flexibility index (Phi) is 20.7. The van der Waals surface area contributed by atoms with Gasteiger partial charge in [-0.1, -0.05) is 142 Å². The summed E-state index contributed by atoms with van der Waals surface area (Å²) in [6.45, 7) is 20.3. The zero-order chi connectivity index (χ0) is 32.0. The van der Waals surface area contributed by atoms with Crippen LogP contribution in [0, 0.1) is 0 Å². The molecule has 0 aliphatic rings. The Morgan fingerprint density at radius 2 is 0.952 bits per heavy atom. The van der Waals surface area contributed by atoms with Crippen molar-refractivity contribution in [2.45, 2.75) is 107 Å². The number of hydrogen-bond donors (Lipinski definition) is 2. The standard InChI is InChI=1S/C40H58O2/c1-32(2)30-39(41)31-38(8)27-16-26-36(6)23-14-21-34(4)19-12-11-18-33(3)20-13-22-35(5)24-15-25-37(7)28-17-29-40(9,10)42/h11-16,18-27,30,39,41-42H,17,28-29,31H2,1-10H3/b12-11+,20-13+,21-14+,24-15+,26-16+,33-18+,34-19+,35-22+,36-23+,37-25+,38-27+. The van der Waals surface area contributed by atoms with Gasteiger partial charge in [0.05, 0.1) is 11.7 Å². The minimum atomic E-state index is -0.580. The van der Waals surface area contributed by atoms with E-state index in [1.807, 2.05) is 46.8 Å². The highest BCUT2D eigenvalue weighted by Crippen LogP contribution is 2.15. The van der Waals surface area contributed by atoms with Crippen molar-refractivity contribution >= 4 is 0 Å². The van der Waals surface area contributed by atoms with Crippen molar-refractivity contribution in [3.05, 3.63) is 142 Å². The number of allylic oxidation sites excluding steroid dienone is 22. The Morgan fingerprint density at radius 3 is 1.36 bits per heavy atom. The van der Waals surface area contributed by atoms with Crippen molar-refractivity contribution in [2.24, 2.45) is 0 Å². The van der Waals surface area contributed by atoms with E-state index in [9.17, 15) is 10.2 Å². The first-order valence-corrected chi connectivity index (χ1v) is 15.1. The van der Waals surface area contributed by atoms with Crippen molar-refractivity contribution in [3.63, 3.8) is 0 Å². The van der Waals surface area contributed by atoms with E-state index < -0.39 is 11.7 Å². The Hall–Kier alpha value is -3.20. The lowest BCUT2D eigenvalue weighted by Gasteiger charge is -2.16. The van der Waals surface area contributed by atoms with E-state index in [1.165, 1.54) is 27.9 Å². The van der Waals surface area contributed by atoms with Gasteiger partial charge < -0.3 is 10.2 Å². The summed E-state index contributed by atoms with van der Waals surface area (Å²) in [4.78, 5) is 0. The van der Waals surface area contributed by atoms with Crippen molar-refractivity contribution < 1.29 is 10.2 Å². The molecule has 1 unspecified atom stereocenters. The molecule has 0 amide bonds. The molecule has 0 spiro atoms. The van der Waals surface area contributed by atoms with Gasteiger partial charge in [0.25, 0.3) is 0 Å². The maximum Gasteiger partial charge on any atom is 0.0760 e. The second-order valence-corrected chi connectivity index (χ2v) is 12.2. The largest absolute Gasteiger partial charge is 0.390 e. The van der Waals surface area contributed by atoms with Crippen LogP contribution in [0.15, 0.2) is 142 Å². The molecule has 0 rings (SSSR count). The van der Waals surface area contributed by atoms with Gasteiger partial charge in [-0.25, -0.2) is 0 Å². The van der Waals surface area contributed by atoms with Crippen LogP contribution < -0.4 is 0 Å². The van der Waals surface area contributed by atoms with Crippen LogP contribution in [-0.2, 0) is 0 Å². The van der Waals surface area contributed by atoms with Crippen LogP contribution in [0.1, 0.15) is 94.9 Å². The smallest absolute Gasteiger partial charge is 0.0760 e. The van der Waals surface area contributed by atoms with Crippen molar-refractivity contribution in [1.29, 1.82) is 0 Å². The molecular weight excluding hydrogens is 512 g/mol. The van der Waals surface area contributed by atoms with E-state index in [4.69, 9.17) is 0 Å². The van der Waals surface area contributed by atoms with Gasteiger partial charge in [-0.05, 0) is 94.9 Å². The van der Waals surface area contributed by atoms with Crippen molar-refractivity contribution in [1.82, 2.24) is 0 Å². The lowest BCUT2D eigenvalue weighted by Crippen LogP contribution is -2.17. The third-order valence-electron chi connectivity index (χ3n) is 6.16. The fraction of sp³-hybridized carbons (Fsp3) is 0.400. The van der Waals surface area contributed by atoms with Gasteiger partial charge in [0.1, 0.15) is 0 Å². The monoisotopic (exact) mass is 570 g/mol. The second kappa shape index (κ2) is 22.4. The van der Waals surface area contributed by atoms with Crippen LogP contribution in [0.2, 0.25) is 0 Å². The third-order valence-corrected chi connectivity index (χ3v) is 6.16. The third kappa shape index (κ3) is 25.7. The first-order valence-electron chi connectivity index (χ1n) is 15.1. The topological polar surface area (TPSA) is 40.5 Å². The predicted octanol–water partition coefficient (Wildman–Crippen LogP) is 11.1. The van der Waals surface area contributed by atoms with Gasteiger partial charge in [-0.15, -0.1) is 0 Å². The minimum absolute atomic E-state index is 0.418. The Labute approximate surface area is 258 Å². The number of hydrogen-bond acceptors (Lipinski definition) is 2. The summed E-state index contributed by atoms with van der Waals surface area (Å²) < 4.78 is 0. The number of rotatable bonds is 17. The van der Waals surface area contributed by atoms with Gasteiger partial charge in [-0.2, -0.15) is 0 Å². The minimum Gasteiger partial charge on any atom is -0.390 e. The van der Waals surface area contributed by atoms with E-state index in [0.29, 0.717) is 6.42 Å². The molecule has 0 radical (unpaired) electrons. The van der Waals surface area contributed by atoms with E-state index in [0.717, 1.165) is 30.4 Å². The molecule has 42 heavy (non-hydrogen) atoms. The van der Waals surface area contributed by atoms with Crippen LogP contribution in [0.4, 0.5) is 0 Å². The summed E-state index contributed by atoms with van der Waals surface area (Å²) in [6.07, 6.45) is 38.4. The Bertz CT molecular complexity index is 1170. The molecule has 0 saturated heterocycles. The Balaban J connectivity index is 4.73. The highest BCUT2D eigenvalue weighted by molar-refractivity contribution is 5.32. The summed E-state index contributed by atoms with van der Waals surface area (Å²) in [6, 6.07) is 0. The molecule has 2 heteroatoms. The molecule has 0 aromatic carbocycles. The van der Waals surface area contributed by atoms with Crippen LogP contribution in [0.3, 0.4) is 0 Å². The molecule has 0 bridgehead atoms. The molecule has 2 N–H and O–H groups in total. The van der Waals surface area contributed by atoms with E-state index in [1.54, 1.807) is 0 Å². The van der Waals surface area contributed by atoms with E-state index >= 15 is 0 Å². The van der Waals surface area contributed by atoms with Gasteiger partial charge in [0.15, 0.2) is 0 Å². The van der Waals surface area contributed by atoms with Crippen LogP contribution >= 0.6 is 0 Å². The summed E-state index contributed by atoms with van der Waals surface area (Å²) in [7, 11) is 0. The number of aliphatic hydroxyl groups is 2. The second-order valence-electron chi connectivity index (χ2n) is 12.2. The summed E-state index contributed by atoms with van der Waals surface area (Å²) in [5, 5.41) is 19.8. The van der Waals surface area contributed by atoms with Crippen LogP contribution in [-0.4, -0.2) is 21.9 Å². The van der Waals surface area contributed by atoms with E-state index in [2.05, 4.69) is 126 Å². The molecule has 230 valence electrons. The molecule has 2 nitrogen and oxygen atoms in total. The molecule has 0 aliphatic carbocycles. The molecular formula is C40H58O2. The van der Waals surface area contributed by atoms with Gasteiger partial charge >= 0.3 is 0 Å². The molecule has 0 fully saturated rings. The Morgan fingerprint density at radius 1 is 0.571 bits per heavy atom. The molecule has 0 aliphatic heterocycles. The molecule has 0 aromatic rings. The van der Waals surface area contributed by atoms with Crippen molar-refractivity contribution in [3.8, 4) is 0 Å². The van der Waals surface area contributed by atoms with Gasteiger partial charge in [0.2, 0.25) is 0 Å². The summed E-state index contributed by atoms with van der Waals surface area (Å²) in [5.41, 5.74) is 7.76. The molecule has 0 saturated carbocycles. The van der Waals surface area contributed by atoms with Crippen molar-refractivity contribution in [2.75, 3.05) is 0 Å². The SMILES string of the molecule is CC(C)=CC(O)C/C(C)=C/C=C/C(C)=C/C=C/C(C)=C/C=C/C=C(C)/C=C/C=C(C)/C=C/C=C(\C)CCCC(C)(C)O. The summed E-state index contributed by atoms with van der Waals surface area (Å²) in [5.74, 6) is 0. The molecule has 0 aromatic heterocycles. The van der Waals surface area contributed by atoms with Gasteiger partial charge in [-0.3, -0.25) is 0 Å². The first-order chi connectivity index (χ1) is 19.7.